The third kappa shape index (κ3) is 9.15. The Kier molecular flexibility index (Phi) is 9.19. The predicted molar refractivity (Wildman–Crippen MR) is 53.3 cm³/mol. The normalized spacial score (nSPS) is 13.5. The van der Waals surface area contributed by atoms with Gasteiger partial charge in [-0.25, -0.2) is 0 Å². The first-order valence-corrected chi connectivity index (χ1v) is 6.63. The molecule has 60 valence electrons. The molecular weight excluding hydrogens is 247 g/mol. The van der Waals surface area contributed by atoms with E-state index in [1.807, 2.05) is 0 Å². The van der Waals surface area contributed by atoms with E-state index in [0.29, 0.717) is 0 Å². The van der Waals surface area contributed by atoms with Crippen molar-refractivity contribution in [1.82, 2.24) is 0 Å². The molecule has 1 unspecified atom stereocenters. The first-order valence-electron chi connectivity index (χ1n) is 4.21. The van der Waals surface area contributed by atoms with Crippen LogP contribution >= 0.6 is 12.6 Å². The van der Waals surface area contributed by atoms with Crippen molar-refractivity contribution in [2.45, 2.75) is 48.7 Å². The standard InChI is InChI=1S/C8H17S.Sn.H/c1-2-3-4-5-6-7-8-9;;/h8-9H,2-7H2,1H3;;. The minimum absolute atomic E-state index is 0.729. The number of hydrogen-bond acceptors (Lipinski definition) is 1. The molecule has 0 fully saturated rings. The van der Waals surface area contributed by atoms with Crippen LogP contribution in [-0.2, 0) is 0 Å². The molecule has 0 aliphatic rings. The van der Waals surface area contributed by atoms with Gasteiger partial charge in [0.15, 0.2) is 0 Å². The summed E-state index contributed by atoms with van der Waals surface area (Å²) in [6.07, 6.45) is 8.36. The van der Waals surface area contributed by atoms with E-state index >= 15 is 0 Å². The zero-order chi connectivity index (χ0) is 7.82. The van der Waals surface area contributed by atoms with Crippen LogP contribution in [0.15, 0.2) is 0 Å². The maximum atomic E-state index is 4.38. The van der Waals surface area contributed by atoms with E-state index in [2.05, 4.69) is 19.6 Å². The van der Waals surface area contributed by atoms with Crippen LogP contribution in [0.25, 0.3) is 0 Å². The molecule has 0 aliphatic carbocycles. The maximum absolute atomic E-state index is 4.38. The molecule has 0 spiro atoms. The zero-order valence-electron chi connectivity index (χ0n) is 6.84. The molecule has 2 heteroatoms. The number of hydrogen-bond donors (Lipinski definition) is 1. The molecule has 2 radical (unpaired) electrons. The molecule has 0 aromatic heterocycles. The summed E-state index contributed by atoms with van der Waals surface area (Å²) in [5, 5.41) is 0. The van der Waals surface area contributed by atoms with Crippen molar-refractivity contribution in [3.8, 4) is 0 Å². The van der Waals surface area contributed by atoms with E-state index in [1.165, 1.54) is 61.0 Å². The minimum atomic E-state index is 0.729. The van der Waals surface area contributed by atoms with Crippen molar-refractivity contribution in [2.24, 2.45) is 0 Å². The van der Waals surface area contributed by atoms with Gasteiger partial charge in [-0.15, -0.1) is 0 Å². The van der Waals surface area contributed by atoms with Crippen molar-refractivity contribution >= 4 is 35.2 Å². The van der Waals surface area contributed by atoms with Crippen LogP contribution in [0.2, 0.25) is 0 Å². The van der Waals surface area contributed by atoms with Gasteiger partial charge in [0, 0.05) is 0 Å². The second kappa shape index (κ2) is 8.25. The monoisotopic (exact) mass is 266 g/mol. The van der Waals surface area contributed by atoms with E-state index in [0.717, 1.165) is 3.27 Å². The van der Waals surface area contributed by atoms with Crippen LogP contribution in [0.4, 0.5) is 0 Å². The third-order valence-electron chi connectivity index (χ3n) is 1.60. The van der Waals surface area contributed by atoms with E-state index in [9.17, 15) is 0 Å². The Hall–Kier alpha value is 1.15. The van der Waals surface area contributed by atoms with Crippen LogP contribution < -0.4 is 0 Å². The van der Waals surface area contributed by atoms with E-state index in [1.54, 1.807) is 0 Å². The van der Waals surface area contributed by atoms with E-state index in [4.69, 9.17) is 0 Å². The number of thiol groups is 1. The molecule has 0 rings (SSSR count). The van der Waals surface area contributed by atoms with Crippen LogP contribution in [0.1, 0.15) is 45.4 Å². The zero-order valence-corrected chi connectivity index (χ0v) is 11.0. The molecule has 0 bridgehead atoms. The van der Waals surface area contributed by atoms with E-state index in [-0.39, 0.29) is 0 Å². The molecule has 0 aromatic rings. The first kappa shape index (κ1) is 11.1. The molecular formula is C8H18SSn. The fourth-order valence-corrected chi connectivity index (χ4v) is 1.81. The molecule has 10 heavy (non-hydrogen) atoms. The summed E-state index contributed by atoms with van der Waals surface area (Å²) in [6.45, 7) is 2.26. The van der Waals surface area contributed by atoms with Crippen LogP contribution in [0, 0.1) is 0 Å². The average Bonchev–Trinajstić information content (AvgIpc) is 1.87. The van der Waals surface area contributed by atoms with Crippen LogP contribution in [0.3, 0.4) is 0 Å². The SMILES string of the molecule is CCCCCCC[CH](S)[SnH]. The summed E-state index contributed by atoms with van der Waals surface area (Å²) >= 11 is 5.69. The van der Waals surface area contributed by atoms with Crippen molar-refractivity contribution in [3.63, 3.8) is 0 Å². The molecule has 0 aromatic carbocycles. The Morgan fingerprint density at radius 2 is 1.80 bits per heavy atom. The summed E-state index contributed by atoms with van der Waals surface area (Å²) < 4.78 is 0.729. The molecule has 0 N–H and O–H groups in total. The Balaban J connectivity index is 2.77. The van der Waals surface area contributed by atoms with E-state index < -0.39 is 0 Å². The van der Waals surface area contributed by atoms with Gasteiger partial charge in [0.25, 0.3) is 0 Å². The van der Waals surface area contributed by atoms with Gasteiger partial charge in [0.1, 0.15) is 0 Å². The predicted octanol–water partition coefficient (Wildman–Crippen LogP) is 2.50. The Morgan fingerprint density at radius 3 is 2.30 bits per heavy atom. The Labute approximate surface area is 83.7 Å². The van der Waals surface area contributed by atoms with Crippen molar-refractivity contribution < 1.29 is 0 Å². The summed E-state index contributed by atoms with van der Waals surface area (Å²) in [7, 11) is 0. The second-order valence-electron chi connectivity index (χ2n) is 2.77. The molecule has 0 saturated carbocycles. The third-order valence-corrected chi connectivity index (χ3v) is 2.81. The Morgan fingerprint density at radius 1 is 1.20 bits per heavy atom. The summed E-state index contributed by atoms with van der Waals surface area (Å²) in [5.41, 5.74) is 0. The Bertz CT molecular complexity index is 64.3. The van der Waals surface area contributed by atoms with Crippen LogP contribution in [0.5, 0.6) is 0 Å². The quantitative estimate of drug-likeness (QED) is 0.426. The summed E-state index contributed by atoms with van der Waals surface area (Å²) in [4.78, 5) is 0. The number of unbranched alkanes of at least 4 members (excludes halogenated alkanes) is 4. The fourth-order valence-electron chi connectivity index (χ4n) is 0.957. The first-order chi connectivity index (χ1) is 4.77. The molecule has 0 heterocycles. The van der Waals surface area contributed by atoms with Gasteiger partial charge in [-0.1, -0.05) is 0 Å². The van der Waals surface area contributed by atoms with Gasteiger partial charge < -0.3 is 0 Å². The summed E-state index contributed by atoms with van der Waals surface area (Å²) in [5.74, 6) is 0. The van der Waals surface area contributed by atoms with Gasteiger partial charge >= 0.3 is 83.9 Å². The van der Waals surface area contributed by atoms with Gasteiger partial charge in [0.05, 0.1) is 0 Å². The van der Waals surface area contributed by atoms with Crippen molar-refractivity contribution in [2.75, 3.05) is 0 Å². The molecule has 1 atom stereocenters. The van der Waals surface area contributed by atoms with Gasteiger partial charge in [-0.3, -0.25) is 0 Å². The molecule has 0 saturated heterocycles. The average molecular weight is 265 g/mol. The van der Waals surface area contributed by atoms with Crippen molar-refractivity contribution in [1.29, 1.82) is 0 Å². The number of rotatable bonds is 6. The van der Waals surface area contributed by atoms with Gasteiger partial charge in [-0.05, 0) is 0 Å². The van der Waals surface area contributed by atoms with Gasteiger partial charge in [0.2, 0.25) is 0 Å². The second-order valence-corrected chi connectivity index (χ2v) is 7.33. The topological polar surface area (TPSA) is 0 Å². The van der Waals surface area contributed by atoms with Crippen molar-refractivity contribution in [3.05, 3.63) is 0 Å². The van der Waals surface area contributed by atoms with Crippen LogP contribution in [-0.4, -0.2) is 25.8 Å². The summed E-state index contributed by atoms with van der Waals surface area (Å²) in [6, 6.07) is 0. The molecule has 0 nitrogen and oxygen atoms in total. The van der Waals surface area contributed by atoms with Gasteiger partial charge in [-0.2, -0.15) is 0 Å². The fraction of sp³-hybridized carbons (Fsp3) is 1.00. The molecule has 0 aliphatic heterocycles. The molecule has 0 amide bonds.